The summed E-state index contributed by atoms with van der Waals surface area (Å²) in [6.45, 7) is 13.7. The molecule has 2 rings (SSSR count). The van der Waals surface area contributed by atoms with E-state index in [0.29, 0.717) is 0 Å². The highest BCUT2D eigenvalue weighted by molar-refractivity contribution is 5.07. The fourth-order valence-corrected chi connectivity index (χ4v) is 1.48. The quantitative estimate of drug-likeness (QED) is 0.727. The number of rotatable bonds is 0. The Kier molecular flexibility index (Phi) is 8.25. The molecule has 0 amide bonds. The third-order valence-electron chi connectivity index (χ3n) is 2.01. The average Bonchev–Trinajstić information content (AvgIpc) is 2.30. The number of nitrogens with zero attached hydrogens (tertiary/aromatic N) is 4. The summed E-state index contributed by atoms with van der Waals surface area (Å²) >= 11 is 0. The lowest BCUT2D eigenvalue weighted by molar-refractivity contribution is 0.976. The molecule has 0 atom stereocenters. The normalized spacial score (nSPS) is 8.79. The molecule has 4 heteroatoms. The van der Waals surface area contributed by atoms with Crippen molar-refractivity contribution in [2.45, 2.75) is 48.5 Å². The first-order valence-electron chi connectivity index (χ1n) is 6.52. The van der Waals surface area contributed by atoms with Gasteiger partial charge in [0.05, 0.1) is 0 Å². The molecule has 4 nitrogen and oxygen atoms in total. The summed E-state index contributed by atoms with van der Waals surface area (Å²) in [5.74, 6) is 1.69. The molecule has 0 saturated carbocycles. The Morgan fingerprint density at radius 1 is 0.684 bits per heavy atom. The van der Waals surface area contributed by atoms with Crippen molar-refractivity contribution in [1.29, 1.82) is 0 Å². The summed E-state index contributed by atoms with van der Waals surface area (Å²) in [6.07, 6.45) is 1.76. The minimum atomic E-state index is 0.838. The zero-order valence-corrected chi connectivity index (χ0v) is 13.0. The molecule has 2 aromatic rings. The fraction of sp³-hybridized carbons (Fsp3) is 0.467. The van der Waals surface area contributed by atoms with Crippen molar-refractivity contribution in [2.75, 3.05) is 0 Å². The molecule has 0 fully saturated rings. The number of aromatic nitrogens is 4. The maximum absolute atomic E-state index is 4.12. The molecule has 2 heterocycles. The molecule has 0 N–H and O–H groups in total. The van der Waals surface area contributed by atoms with Crippen LogP contribution in [0.15, 0.2) is 18.3 Å². The third kappa shape index (κ3) is 7.97. The molecule has 104 valence electrons. The van der Waals surface area contributed by atoms with E-state index in [9.17, 15) is 0 Å². The summed E-state index contributed by atoms with van der Waals surface area (Å²) in [5.41, 5.74) is 3.11. The van der Waals surface area contributed by atoms with E-state index in [1.54, 1.807) is 6.20 Å². The Labute approximate surface area is 116 Å². The molecule has 0 aliphatic heterocycles. The van der Waals surface area contributed by atoms with Crippen molar-refractivity contribution < 1.29 is 0 Å². The van der Waals surface area contributed by atoms with Crippen molar-refractivity contribution in [2.24, 2.45) is 0 Å². The Hall–Kier alpha value is -1.84. The van der Waals surface area contributed by atoms with Gasteiger partial charge in [0, 0.05) is 23.3 Å². The van der Waals surface area contributed by atoms with Crippen LogP contribution in [-0.2, 0) is 0 Å². The first kappa shape index (κ1) is 17.2. The smallest absolute Gasteiger partial charge is 0.125 e. The first-order valence-corrected chi connectivity index (χ1v) is 6.52. The van der Waals surface area contributed by atoms with E-state index in [1.165, 1.54) is 0 Å². The van der Waals surface area contributed by atoms with Crippen LogP contribution in [0.25, 0.3) is 0 Å². The van der Waals surface area contributed by atoms with Crippen LogP contribution in [0.2, 0.25) is 0 Å². The van der Waals surface area contributed by atoms with Gasteiger partial charge in [-0.05, 0) is 46.8 Å². The van der Waals surface area contributed by atoms with E-state index in [0.717, 1.165) is 28.7 Å². The van der Waals surface area contributed by atoms with E-state index in [4.69, 9.17) is 0 Å². The van der Waals surface area contributed by atoms with Gasteiger partial charge in [-0.2, -0.15) is 0 Å². The van der Waals surface area contributed by atoms with Gasteiger partial charge in [0.2, 0.25) is 0 Å². The summed E-state index contributed by atoms with van der Waals surface area (Å²) < 4.78 is 0. The number of hydrogen-bond donors (Lipinski definition) is 0. The molecule has 0 spiro atoms. The largest absolute Gasteiger partial charge is 0.242 e. The van der Waals surface area contributed by atoms with Crippen LogP contribution >= 0.6 is 0 Å². The Morgan fingerprint density at radius 3 is 1.47 bits per heavy atom. The first-order chi connectivity index (χ1) is 8.97. The molecule has 0 saturated heterocycles. The SMILES string of the molecule is CC.Cc1cc(C)nc(C)n1.Cc1ccnc(C)n1. The molecule has 0 radical (unpaired) electrons. The number of hydrogen-bond acceptors (Lipinski definition) is 4. The van der Waals surface area contributed by atoms with Crippen LogP contribution in [0, 0.1) is 34.6 Å². The van der Waals surface area contributed by atoms with Crippen molar-refractivity contribution in [3.05, 3.63) is 47.1 Å². The average molecular weight is 260 g/mol. The van der Waals surface area contributed by atoms with Gasteiger partial charge in [0.15, 0.2) is 0 Å². The van der Waals surface area contributed by atoms with Gasteiger partial charge in [-0.3, -0.25) is 0 Å². The number of aryl methyl sites for hydroxylation is 5. The molecule has 0 aromatic carbocycles. The Bertz CT molecular complexity index is 428. The molecular weight excluding hydrogens is 236 g/mol. The lowest BCUT2D eigenvalue weighted by atomic mass is 10.3. The van der Waals surface area contributed by atoms with E-state index in [1.807, 2.05) is 60.6 Å². The predicted octanol–water partition coefficient (Wildman–Crippen LogP) is 3.52. The zero-order valence-electron chi connectivity index (χ0n) is 13.0. The van der Waals surface area contributed by atoms with Gasteiger partial charge in [-0.25, -0.2) is 19.9 Å². The van der Waals surface area contributed by atoms with Gasteiger partial charge < -0.3 is 0 Å². The molecule has 0 bridgehead atoms. The van der Waals surface area contributed by atoms with Crippen molar-refractivity contribution >= 4 is 0 Å². The van der Waals surface area contributed by atoms with Crippen LogP contribution in [0.5, 0.6) is 0 Å². The van der Waals surface area contributed by atoms with Gasteiger partial charge in [0.1, 0.15) is 11.6 Å². The van der Waals surface area contributed by atoms with E-state index < -0.39 is 0 Å². The van der Waals surface area contributed by atoms with Gasteiger partial charge in [0.25, 0.3) is 0 Å². The van der Waals surface area contributed by atoms with Crippen molar-refractivity contribution in [3.8, 4) is 0 Å². The molecule has 2 aromatic heterocycles. The van der Waals surface area contributed by atoms with Crippen molar-refractivity contribution in [3.63, 3.8) is 0 Å². The van der Waals surface area contributed by atoms with E-state index >= 15 is 0 Å². The summed E-state index contributed by atoms with van der Waals surface area (Å²) in [4.78, 5) is 16.2. The highest BCUT2D eigenvalue weighted by Crippen LogP contribution is 1.96. The highest BCUT2D eigenvalue weighted by atomic mass is 14.9. The predicted molar refractivity (Wildman–Crippen MR) is 79.1 cm³/mol. The minimum Gasteiger partial charge on any atom is -0.242 e. The van der Waals surface area contributed by atoms with E-state index in [2.05, 4.69) is 19.9 Å². The zero-order chi connectivity index (χ0) is 14.8. The summed E-state index contributed by atoms with van der Waals surface area (Å²) in [6, 6.07) is 3.85. The summed E-state index contributed by atoms with van der Waals surface area (Å²) in [5, 5.41) is 0. The third-order valence-corrected chi connectivity index (χ3v) is 2.01. The van der Waals surface area contributed by atoms with Crippen LogP contribution < -0.4 is 0 Å². The highest BCUT2D eigenvalue weighted by Gasteiger charge is 1.90. The standard InChI is InChI=1S/C7H10N2.C6H8N2.C2H6/c1-5-4-6(2)9-7(3)8-5;1-5-3-4-7-6(2)8-5;1-2/h4H,1-3H3;3-4H,1-2H3;1-2H3. The van der Waals surface area contributed by atoms with Crippen LogP contribution in [0.1, 0.15) is 42.6 Å². The molecule has 19 heavy (non-hydrogen) atoms. The Morgan fingerprint density at radius 2 is 1.16 bits per heavy atom. The van der Waals surface area contributed by atoms with E-state index in [-0.39, 0.29) is 0 Å². The van der Waals surface area contributed by atoms with Gasteiger partial charge in [-0.15, -0.1) is 0 Å². The van der Waals surface area contributed by atoms with Gasteiger partial charge in [-0.1, -0.05) is 13.8 Å². The maximum atomic E-state index is 4.12. The second-order valence-electron chi connectivity index (χ2n) is 3.94. The van der Waals surface area contributed by atoms with Crippen molar-refractivity contribution in [1.82, 2.24) is 19.9 Å². The second kappa shape index (κ2) is 9.14. The Balaban J connectivity index is 0.000000303. The topological polar surface area (TPSA) is 51.6 Å². The van der Waals surface area contributed by atoms with Gasteiger partial charge >= 0.3 is 0 Å². The molecule has 0 aliphatic carbocycles. The second-order valence-corrected chi connectivity index (χ2v) is 3.94. The lowest BCUT2D eigenvalue weighted by Crippen LogP contribution is -1.91. The van der Waals surface area contributed by atoms with Crippen LogP contribution in [0.3, 0.4) is 0 Å². The fourth-order valence-electron chi connectivity index (χ4n) is 1.48. The summed E-state index contributed by atoms with van der Waals surface area (Å²) in [7, 11) is 0. The molecular formula is C15H24N4. The minimum absolute atomic E-state index is 0.838. The van der Waals surface area contributed by atoms with Crippen LogP contribution in [0.4, 0.5) is 0 Å². The monoisotopic (exact) mass is 260 g/mol. The molecule has 0 unspecified atom stereocenters. The molecule has 0 aliphatic rings. The van der Waals surface area contributed by atoms with Crippen LogP contribution in [-0.4, -0.2) is 19.9 Å². The lowest BCUT2D eigenvalue weighted by Gasteiger charge is -1.95. The maximum Gasteiger partial charge on any atom is 0.125 e.